The highest BCUT2D eigenvalue weighted by atomic mass is 16.5. The molecule has 4 atom stereocenters. The Bertz CT molecular complexity index is 594. The largest absolute Gasteiger partial charge is 0.493 e. The minimum absolute atomic E-state index is 0.0103. The fraction of sp³-hybridized carbons (Fsp3) is 0.588. The number of para-hydroxylation sites is 1. The lowest BCUT2D eigenvalue weighted by atomic mass is 10.00. The van der Waals surface area contributed by atoms with Crippen molar-refractivity contribution in [3.63, 3.8) is 0 Å². The molecular formula is C17H23N3O3. The molecule has 0 bridgehead atoms. The Morgan fingerprint density at radius 2 is 2.22 bits per heavy atom. The summed E-state index contributed by atoms with van der Waals surface area (Å²) in [6.45, 7) is 2.73. The molecular weight excluding hydrogens is 294 g/mol. The average Bonchev–Trinajstić information content (AvgIpc) is 2.94. The summed E-state index contributed by atoms with van der Waals surface area (Å²) in [6, 6.07) is 8.04. The third-order valence-corrected chi connectivity index (χ3v) is 5.11. The van der Waals surface area contributed by atoms with Gasteiger partial charge in [-0.05, 0) is 12.5 Å². The van der Waals surface area contributed by atoms with Gasteiger partial charge in [0.05, 0.1) is 24.8 Å². The van der Waals surface area contributed by atoms with Crippen LogP contribution in [-0.2, 0) is 4.79 Å². The second-order valence-corrected chi connectivity index (χ2v) is 6.69. The van der Waals surface area contributed by atoms with Crippen molar-refractivity contribution in [1.29, 1.82) is 0 Å². The number of carbonyl (C=O) groups excluding carboxylic acids is 1. The van der Waals surface area contributed by atoms with Crippen molar-refractivity contribution in [2.75, 3.05) is 26.2 Å². The van der Waals surface area contributed by atoms with Crippen molar-refractivity contribution < 1.29 is 14.6 Å². The molecule has 1 amide bonds. The highest BCUT2D eigenvalue weighted by Crippen LogP contribution is 2.31. The van der Waals surface area contributed by atoms with E-state index >= 15 is 0 Å². The second-order valence-electron chi connectivity index (χ2n) is 6.69. The van der Waals surface area contributed by atoms with E-state index in [1.807, 2.05) is 24.3 Å². The molecule has 0 aliphatic carbocycles. The predicted molar refractivity (Wildman–Crippen MR) is 85.2 cm³/mol. The van der Waals surface area contributed by atoms with Crippen LogP contribution in [0.15, 0.2) is 24.3 Å². The molecule has 4 rings (SSSR count). The third-order valence-electron chi connectivity index (χ3n) is 5.11. The van der Waals surface area contributed by atoms with Gasteiger partial charge in [0.2, 0.25) is 5.91 Å². The Kier molecular flexibility index (Phi) is 3.97. The molecule has 0 radical (unpaired) electrons. The van der Waals surface area contributed by atoms with Crippen LogP contribution in [0.5, 0.6) is 5.75 Å². The van der Waals surface area contributed by atoms with Gasteiger partial charge in [-0.15, -0.1) is 0 Å². The first-order valence-electron chi connectivity index (χ1n) is 8.38. The Balaban J connectivity index is 1.41. The van der Waals surface area contributed by atoms with Crippen LogP contribution < -0.4 is 15.4 Å². The Morgan fingerprint density at radius 1 is 1.35 bits per heavy atom. The van der Waals surface area contributed by atoms with Crippen LogP contribution in [0.2, 0.25) is 0 Å². The number of hydrogen-bond donors (Lipinski definition) is 3. The van der Waals surface area contributed by atoms with Crippen LogP contribution in [0.1, 0.15) is 24.4 Å². The number of nitrogens with one attached hydrogen (secondary N) is 2. The number of ether oxygens (including phenoxy) is 1. The Morgan fingerprint density at radius 3 is 3.13 bits per heavy atom. The summed E-state index contributed by atoms with van der Waals surface area (Å²) in [5.41, 5.74) is 1.05. The molecule has 3 heterocycles. The maximum absolute atomic E-state index is 12.6. The maximum Gasteiger partial charge on any atom is 0.238 e. The number of hydrogen-bond acceptors (Lipinski definition) is 5. The molecule has 0 saturated carbocycles. The van der Waals surface area contributed by atoms with Crippen LogP contribution in [0, 0.1) is 0 Å². The first-order chi connectivity index (χ1) is 11.2. The first-order valence-corrected chi connectivity index (χ1v) is 8.38. The minimum atomic E-state index is -0.258. The molecule has 124 valence electrons. The Labute approximate surface area is 135 Å². The van der Waals surface area contributed by atoms with E-state index in [1.54, 1.807) is 0 Å². The topological polar surface area (TPSA) is 73.8 Å². The number of aliphatic hydroxyl groups is 1. The SMILES string of the molecule is O=C(N[C@@H]1CCOc2ccccc21)C1CN2CC(O)C[C@@H]2CN1. The second kappa shape index (κ2) is 6.11. The van der Waals surface area contributed by atoms with Gasteiger partial charge in [-0.2, -0.15) is 0 Å². The lowest BCUT2D eigenvalue weighted by Gasteiger charge is -2.36. The number of nitrogens with zero attached hydrogens (tertiary/aromatic N) is 1. The summed E-state index contributed by atoms with van der Waals surface area (Å²) in [6.07, 6.45) is 1.33. The van der Waals surface area contributed by atoms with Gasteiger partial charge in [0.25, 0.3) is 0 Å². The summed E-state index contributed by atoms with van der Waals surface area (Å²) in [5, 5.41) is 16.3. The van der Waals surface area contributed by atoms with E-state index in [-0.39, 0.29) is 24.1 Å². The summed E-state index contributed by atoms with van der Waals surface area (Å²) in [5.74, 6) is 0.898. The molecule has 6 nitrogen and oxygen atoms in total. The van der Waals surface area contributed by atoms with Gasteiger partial charge in [0, 0.05) is 37.7 Å². The van der Waals surface area contributed by atoms with Crippen molar-refractivity contribution >= 4 is 5.91 Å². The van der Waals surface area contributed by atoms with E-state index in [0.717, 1.165) is 30.7 Å². The molecule has 1 aromatic carbocycles. The fourth-order valence-electron chi connectivity index (χ4n) is 3.91. The van der Waals surface area contributed by atoms with E-state index in [9.17, 15) is 9.90 Å². The Hall–Kier alpha value is -1.63. The molecule has 23 heavy (non-hydrogen) atoms. The minimum Gasteiger partial charge on any atom is -0.493 e. The zero-order valence-electron chi connectivity index (χ0n) is 13.1. The molecule has 3 aliphatic heterocycles. The number of benzene rings is 1. The van der Waals surface area contributed by atoms with Gasteiger partial charge < -0.3 is 20.5 Å². The maximum atomic E-state index is 12.6. The molecule has 6 heteroatoms. The number of fused-ring (bicyclic) bond motifs is 2. The quantitative estimate of drug-likeness (QED) is 0.718. The van der Waals surface area contributed by atoms with Gasteiger partial charge in [0.15, 0.2) is 0 Å². The zero-order chi connectivity index (χ0) is 15.8. The molecule has 1 aromatic rings. The van der Waals surface area contributed by atoms with Crippen molar-refractivity contribution in [2.45, 2.75) is 37.1 Å². The fourth-order valence-corrected chi connectivity index (χ4v) is 3.91. The summed E-state index contributed by atoms with van der Waals surface area (Å²) >= 11 is 0. The van der Waals surface area contributed by atoms with Crippen LogP contribution in [0.4, 0.5) is 0 Å². The lowest BCUT2D eigenvalue weighted by molar-refractivity contribution is -0.125. The normalized spacial score (nSPS) is 33.4. The molecule has 3 aliphatic rings. The van der Waals surface area contributed by atoms with E-state index in [2.05, 4.69) is 15.5 Å². The smallest absolute Gasteiger partial charge is 0.238 e. The van der Waals surface area contributed by atoms with E-state index in [1.165, 1.54) is 0 Å². The molecule has 2 saturated heterocycles. The van der Waals surface area contributed by atoms with Gasteiger partial charge in [0.1, 0.15) is 5.75 Å². The van der Waals surface area contributed by atoms with E-state index < -0.39 is 0 Å². The summed E-state index contributed by atoms with van der Waals surface area (Å²) in [7, 11) is 0. The molecule has 0 aromatic heterocycles. The molecule has 2 unspecified atom stereocenters. The molecule has 0 spiro atoms. The van der Waals surface area contributed by atoms with E-state index in [0.29, 0.717) is 25.7 Å². The van der Waals surface area contributed by atoms with Crippen LogP contribution in [0.25, 0.3) is 0 Å². The van der Waals surface area contributed by atoms with Crippen molar-refractivity contribution in [2.24, 2.45) is 0 Å². The predicted octanol–water partition coefficient (Wildman–Crippen LogP) is 0.0334. The van der Waals surface area contributed by atoms with Gasteiger partial charge in [-0.1, -0.05) is 18.2 Å². The number of carbonyl (C=O) groups is 1. The van der Waals surface area contributed by atoms with Crippen LogP contribution in [0.3, 0.4) is 0 Å². The third kappa shape index (κ3) is 2.94. The monoisotopic (exact) mass is 317 g/mol. The number of rotatable bonds is 2. The highest BCUT2D eigenvalue weighted by Gasteiger charge is 2.38. The first kappa shape index (κ1) is 14.9. The number of aliphatic hydroxyl groups excluding tert-OH is 1. The van der Waals surface area contributed by atoms with Crippen molar-refractivity contribution in [3.8, 4) is 5.75 Å². The molecule has 3 N–H and O–H groups in total. The van der Waals surface area contributed by atoms with E-state index in [4.69, 9.17) is 4.74 Å². The highest BCUT2D eigenvalue weighted by molar-refractivity contribution is 5.82. The zero-order valence-corrected chi connectivity index (χ0v) is 13.1. The van der Waals surface area contributed by atoms with Gasteiger partial charge in [-0.25, -0.2) is 0 Å². The molecule has 2 fully saturated rings. The summed E-state index contributed by atoms with van der Waals surface area (Å²) < 4.78 is 5.65. The van der Waals surface area contributed by atoms with Crippen molar-refractivity contribution in [1.82, 2.24) is 15.5 Å². The number of amides is 1. The average molecular weight is 317 g/mol. The van der Waals surface area contributed by atoms with Crippen LogP contribution >= 0.6 is 0 Å². The van der Waals surface area contributed by atoms with Gasteiger partial charge >= 0.3 is 0 Å². The standard InChI is InChI=1S/C17H23N3O3/c21-12-7-11-8-18-15(10-20(11)9-12)17(22)19-14-5-6-23-16-4-2-1-3-13(14)16/h1-4,11-12,14-15,18,21H,5-10H2,(H,19,22)/t11-,12?,14-,15?/m1/s1. The van der Waals surface area contributed by atoms with Gasteiger partial charge in [-0.3, -0.25) is 9.69 Å². The van der Waals surface area contributed by atoms with Crippen LogP contribution in [-0.4, -0.2) is 60.3 Å². The summed E-state index contributed by atoms with van der Waals surface area (Å²) in [4.78, 5) is 14.9. The number of piperazine rings is 1. The van der Waals surface area contributed by atoms with Crippen molar-refractivity contribution in [3.05, 3.63) is 29.8 Å². The lowest BCUT2D eigenvalue weighted by Crippen LogP contribution is -2.59.